The first-order valence-corrected chi connectivity index (χ1v) is 14.8. The summed E-state index contributed by atoms with van der Waals surface area (Å²) in [5.74, 6) is 1.77. The Hall–Kier alpha value is -5.37. The van der Waals surface area contributed by atoms with Gasteiger partial charge in [-0.3, -0.25) is 4.79 Å². The summed E-state index contributed by atoms with van der Waals surface area (Å²) in [5, 5.41) is 18.4. The lowest BCUT2D eigenvalue weighted by Crippen LogP contribution is -2.50. The van der Waals surface area contributed by atoms with Crippen LogP contribution in [0, 0.1) is 5.92 Å². The molecule has 14 nitrogen and oxygen atoms in total. The van der Waals surface area contributed by atoms with Gasteiger partial charge in [-0.25, -0.2) is 9.59 Å². The van der Waals surface area contributed by atoms with E-state index in [0.717, 1.165) is 0 Å². The maximum atomic E-state index is 13.8. The maximum Gasteiger partial charge on any atom is 0.323 e. The summed E-state index contributed by atoms with van der Waals surface area (Å²) in [6, 6.07) is 13.6. The molecule has 6 rings (SSSR count). The van der Waals surface area contributed by atoms with Crippen molar-refractivity contribution < 1.29 is 43.2 Å². The second-order valence-electron chi connectivity index (χ2n) is 11.3. The minimum absolute atomic E-state index is 0.104. The van der Waals surface area contributed by atoms with Crippen LogP contribution in [0.2, 0.25) is 0 Å². The number of urea groups is 2. The van der Waals surface area contributed by atoms with E-state index < -0.39 is 18.2 Å². The molecule has 0 aliphatic carbocycles. The Morgan fingerprint density at radius 1 is 0.935 bits per heavy atom. The van der Waals surface area contributed by atoms with Gasteiger partial charge >= 0.3 is 12.1 Å². The van der Waals surface area contributed by atoms with Gasteiger partial charge in [0.1, 0.15) is 6.10 Å². The molecule has 3 aromatic rings. The number of fused-ring (bicyclic) bond motifs is 3. The number of ether oxygens (including phenoxy) is 5. The van der Waals surface area contributed by atoms with Crippen molar-refractivity contribution in [3.63, 3.8) is 0 Å². The molecule has 46 heavy (non-hydrogen) atoms. The van der Waals surface area contributed by atoms with Crippen LogP contribution < -0.4 is 39.6 Å². The number of carbonyl (C=O) groups is 3. The van der Waals surface area contributed by atoms with Gasteiger partial charge in [-0.1, -0.05) is 13.0 Å². The lowest BCUT2D eigenvalue weighted by atomic mass is 9.99. The van der Waals surface area contributed by atoms with Crippen LogP contribution in [0.4, 0.5) is 26.7 Å². The number of nitrogens with one attached hydrogen (secondary N) is 3. The Bertz CT molecular complexity index is 1650. The first-order chi connectivity index (χ1) is 22.2. The highest BCUT2D eigenvalue weighted by Gasteiger charge is 2.35. The molecular formula is C32H35N5O9. The molecule has 0 saturated carbocycles. The monoisotopic (exact) mass is 633 g/mol. The summed E-state index contributed by atoms with van der Waals surface area (Å²) in [6.07, 6.45) is -0.604. The number of para-hydroxylation sites is 1. The molecule has 3 aromatic carbocycles. The van der Waals surface area contributed by atoms with Crippen molar-refractivity contribution >= 4 is 35.0 Å². The molecular weight excluding hydrogens is 598 g/mol. The van der Waals surface area contributed by atoms with Crippen LogP contribution in [-0.2, 0) is 0 Å². The predicted octanol–water partition coefficient (Wildman–Crippen LogP) is 4.17. The van der Waals surface area contributed by atoms with Crippen molar-refractivity contribution in [2.75, 3.05) is 56.3 Å². The number of hydrogen-bond acceptors (Lipinski definition) is 9. The number of aliphatic hydroxyl groups excluding tert-OH is 1. The van der Waals surface area contributed by atoms with Crippen molar-refractivity contribution in [3.8, 4) is 28.7 Å². The fourth-order valence-electron chi connectivity index (χ4n) is 5.36. The van der Waals surface area contributed by atoms with Crippen molar-refractivity contribution in [1.29, 1.82) is 0 Å². The van der Waals surface area contributed by atoms with E-state index in [1.54, 1.807) is 73.5 Å². The molecule has 0 fully saturated rings. The summed E-state index contributed by atoms with van der Waals surface area (Å²) in [5.41, 5.74) is 1.48. The number of amides is 5. The summed E-state index contributed by atoms with van der Waals surface area (Å²) in [6.45, 7) is 4.06. The van der Waals surface area contributed by atoms with Gasteiger partial charge in [0.05, 0.1) is 30.4 Å². The van der Waals surface area contributed by atoms with Gasteiger partial charge in [-0.05, 0) is 43.3 Å². The highest BCUT2D eigenvalue weighted by atomic mass is 16.7. The largest absolute Gasteiger partial charge is 0.485 e. The number of likely N-dealkylation sites (N-methyl/N-ethyl adjacent to an activating group) is 1. The van der Waals surface area contributed by atoms with Gasteiger partial charge in [-0.15, -0.1) is 0 Å². The lowest BCUT2D eigenvalue weighted by molar-refractivity contribution is 0.0373. The van der Waals surface area contributed by atoms with Crippen LogP contribution in [0.5, 0.6) is 28.7 Å². The standard InChI is InChI=1S/C32H35N5O9/c1-18-13-37(19(2)15-38)30(39)22-5-4-6-23(35-31(40)33-20-7-9-24-26(11-20)44-16-42-24)29(22)46-28(18)14-36(3)32(41)34-21-8-10-25-27(12-21)45-17-43-25/h4-12,18-19,28,38H,13-17H2,1-3H3,(H,34,41)(H2,33,35,40)/t18-,19+,28+/m0/s1. The molecule has 0 unspecified atom stereocenters. The third kappa shape index (κ3) is 6.38. The Labute approximate surface area is 265 Å². The predicted molar refractivity (Wildman–Crippen MR) is 167 cm³/mol. The lowest BCUT2D eigenvalue weighted by Gasteiger charge is -2.38. The first-order valence-electron chi connectivity index (χ1n) is 14.8. The van der Waals surface area contributed by atoms with E-state index >= 15 is 0 Å². The smallest absolute Gasteiger partial charge is 0.323 e. The molecule has 3 atom stereocenters. The number of carbonyl (C=O) groups excluding carboxylic acids is 3. The van der Waals surface area contributed by atoms with Crippen LogP contribution in [0.3, 0.4) is 0 Å². The Morgan fingerprint density at radius 3 is 2.22 bits per heavy atom. The average Bonchev–Trinajstić information content (AvgIpc) is 3.71. The molecule has 3 aliphatic heterocycles. The van der Waals surface area contributed by atoms with Gasteiger partial charge in [0, 0.05) is 43.0 Å². The second-order valence-corrected chi connectivity index (χ2v) is 11.3. The number of hydrogen-bond donors (Lipinski definition) is 4. The Balaban J connectivity index is 1.23. The zero-order valence-corrected chi connectivity index (χ0v) is 25.6. The van der Waals surface area contributed by atoms with Crippen LogP contribution in [0.15, 0.2) is 54.6 Å². The zero-order valence-electron chi connectivity index (χ0n) is 25.6. The summed E-state index contributed by atoms with van der Waals surface area (Å²) in [4.78, 5) is 43.2. The molecule has 4 N–H and O–H groups in total. The van der Waals surface area contributed by atoms with Gasteiger partial charge in [0.25, 0.3) is 5.91 Å². The highest BCUT2D eigenvalue weighted by molar-refractivity contribution is 6.04. The third-order valence-electron chi connectivity index (χ3n) is 7.99. The highest BCUT2D eigenvalue weighted by Crippen LogP contribution is 2.37. The first kappa shape index (κ1) is 30.6. The minimum atomic E-state index is -0.604. The fraction of sp³-hybridized carbons (Fsp3) is 0.344. The molecule has 14 heteroatoms. The van der Waals surface area contributed by atoms with E-state index in [-0.39, 0.29) is 68.1 Å². The van der Waals surface area contributed by atoms with E-state index in [2.05, 4.69) is 16.0 Å². The van der Waals surface area contributed by atoms with E-state index in [9.17, 15) is 19.5 Å². The molecule has 0 saturated heterocycles. The van der Waals surface area contributed by atoms with Crippen molar-refractivity contribution in [2.45, 2.75) is 26.0 Å². The number of aliphatic hydroxyl groups is 1. The molecule has 0 radical (unpaired) electrons. The molecule has 242 valence electrons. The van der Waals surface area contributed by atoms with Crippen LogP contribution in [-0.4, -0.2) is 85.4 Å². The zero-order chi connectivity index (χ0) is 32.4. The molecule has 0 spiro atoms. The normalized spacial score (nSPS) is 18.4. The fourth-order valence-corrected chi connectivity index (χ4v) is 5.36. The number of benzene rings is 3. The van der Waals surface area contributed by atoms with Gasteiger partial charge in [-0.2, -0.15) is 0 Å². The van der Waals surface area contributed by atoms with Gasteiger partial charge in [0.15, 0.2) is 28.7 Å². The summed E-state index contributed by atoms with van der Waals surface area (Å²) >= 11 is 0. The average molecular weight is 634 g/mol. The summed E-state index contributed by atoms with van der Waals surface area (Å²) < 4.78 is 28.0. The molecule has 0 bridgehead atoms. The quantitative estimate of drug-likeness (QED) is 0.299. The molecule has 0 aromatic heterocycles. The number of nitrogens with zero attached hydrogens (tertiary/aromatic N) is 2. The van der Waals surface area contributed by atoms with Crippen molar-refractivity contribution in [1.82, 2.24) is 9.80 Å². The van der Waals surface area contributed by atoms with E-state index in [1.165, 1.54) is 4.90 Å². The van der Waals surface area contributed by atoms with Gasteiger partial charge in [0.2, 0.25) is 13.6 Å². The third-order valence-corrected chi connectivity index (χ3v) is 7.99. The maximum absolute atomic E-state index is 13.8. The van der Waals surface area contributed by atoms with E-state index in [1.807, 2.05) is 6.92 Å². The number of anilines is 3. The summed E-state index contributed by atoms with van der Waals surface area (Å²) in [7, 11) is 1.64. The van der Waals surface area contributed by atoms with E-state index in [0.29, 0.717) is 34.4 Å². The molecule has 5 amide bonds. The number of rotatable bonds is 7. The minimum Gasteiger partial charge on any atom is -0.485 e. The molecule has 3 heterocycles. The van der Waals surface area contributed by atoms with Crippen molar-refractivity contribution in [3.05, 3.63) is 60.2 Å². The van der Waals surface area contributed by atoms with E-state index in [4.69, 9.17) is 23.7 Å². The Morgan fingerprint density at radius 2 is 1.57 bits per heavy atom. The van der Waals surface area contributed by atoms with Crippen LogP contribution in [0.1, 0.15) is 24.2 Å². The SMILES string of the molecule is C[C@H](CO)N1C[C@H](C)[C@@H](CN(C)C(=O)Nc2ccc3c(c2)OCO3)Oc2c(NC(=O)Nc3ccc4c(c3)OCO4)cccc2C1=O. The van der Waals surface area contributed by atoms with Gasteiger partial charge < -0.3 is 54.5 Å². The molecule has 3 aliphatic rings. The van der Waals surface area contributed by atoms with Crippen LogP contribution in [0.25, 0.3) is 0 Å². The second kappa shape index (κ2) is 12.9. The van der Waals surface area contributed by atoms with Crippen molar-refractivity contribution in [2.24, 2.45) is 5.92 Å². The topological polar surface area (TPSA) is 160 Å². The van der Waals surface area contributed by atoms with Crippen LogP contribution >= 0.6 is 0 Å². The Kier molecular flexibility index (Phi) is 8.61.